The van der Waals surface area contributed by atoms with Crippen molar-refractivity contribution in [3.8, 4) is 0 Å². The SMILES string of the molecule is O=C(O)[C@@H]1CCCN(CCOCCN2c3ccc(F)cc3CCc3cc(F)ccc32)C1. The molecule has 7 heteroatoms. The van der Waals surface area contributed by atoms with E-state index < -0.39 is 5.97 Å². The first kappa shape index (κ1) is 21.7. The number of hydrogen-bond donors (Lipinski definition) is 1. The van der Waals surface area contributed by atoms with E-state index in [1.54, 1.807) is 24.3 Å². The van der Waals surface area contributed by atoms with Crippen LogP contribution in [0.5, 0.6) is 0 Å². The summed E-state index contributed by atoms with van der Waals surface area (Å²) >= 11 is 0. The molecular formula is C24H28F2N2O3. The van der Waals surface area contributed by atoms with Crippen molar-refractivity contribution in [3.63, 3.8) is 0 Å². The number of nitrogens with zero attached hydrogens (tertiary/aromatic N) is 2. The maximum Gasteiger partial charge on any atom is 0.307 e. The van der Waals surface area contributed by atoms with Crippen molar-refractivity contribution in [1.29, 1.82) is 0 Å². The number of halogens is 2. The topological polar surface area (TPSA) is 53.0 Å². The smallest absolute Gasteiger partial charge is 0.307 e. The van der Waals surface area contributed by atoms with Crippen LogP contribution in [0.2, 0.25) is 0 Å². The predicted octanol–water partition coefficient (Wildman–Crippen LogP) is 4.01. The lowest BCUT2D eigenvalue weighted by Crippen LogP contribution is -2.40. The van der Waals surface area contributed by atoms with Gasteiger partial charge in [0.2, 0.25) is 0 Å². The lowest BCUT2D eigenvalue weighted by atomic mass is 9.98. The van der Waals surface area contributed by atoms with E-state index in [2.05, 4.69) is 9.80 Å². The van der Waals surface area contributed by atoms with E-state index in [0.29, 0.717) is 45.7 Å². The van der Waals surface area contributed by atoms with E-state index >= 15 is 0 Å². The number of anilines is 2. The number of carbonyl (C=O) groups is 1. The highest BCUT2D eigenvalue weighted by Gasteiger charge is 2.25. The molecule has 0 bridgehead atoms. The molecule has 1 fully saturated rings. The number of hydrogen-bond acceptors (Lipinski definition) is 4. The normalized spacial score (nSPS) is 18.9. The Balaban J connectivity index is 1.38. The van der Waals surface area contributed by atoms with E-state index in [4.69, 9.17) is 4.74 Å². The monoisotopic (exact) mass is 430 g/mol. The number of aryl methyl sites for hydroxylation is 2. The third-order valence-electron chi connectivity index (χ3n) is 6.19. The van der Waals surface area contributed by atoms with Crippen molar-refractivity contribution in [1.82, 2.24) is 4.90 Å². The van der Waals surface area contributed by atoms with Crippen LogP contribution >= 0.6 is 0 Å². The largest absolute Gasteiger partial charge is 0.481 e. The van der Waals surface area contributed by atoms with Crippen LogP contribution < -0.4 is 4.90 Å². The van der Waals surface area contributed by atoms with E-state index in [-0.39, 0.29) is 17.6 Å². The Morgan fingerprint density at radius 3 is 2.23 bits per heavy atom. The van der Waals surface area contributed by atoms with Crippen LogP contribution in [0.25, 0.3) is 0 Å². The van der Waals surface area contributed by atoms with Gasteiger partial charge in [-0.1, -0.05) is 0 Å². The van der Waals surface area contributed by atoms with Crippen molar-refractivity contribution in [3.05, 3.63) is 59.2 Å². The number of aliphatic carboxylic acids is 1. The molecule has 4 rings (SSSR count). The van der Waals surface area contributed by atoms with Crippen LogP contribution in [0.15, 0.2) is 36.4 Å². The zero-order valence-corrected chi connectivity index (χ0v) is 17.5. The number of ether oxygens (including phenoxy) is 1. The predicted molar refractivity (Wildman–Crippen MR) is 115 cm³/mol. The summed E-state index contributed by atoms with van der Waals surface area (Å²) in [7, 11) is 0. The van der Waals surface area contributed by atoms with Gasteiger partial charge in [-0.2, -0.15) is 0 Å². The number of piperidine rings is 1. The molecule has 2 heterocycles. The second-order valence-electron chi connectivity index (χ2n) is 8.29. The van der Waals surface area contributed by atoms with Gasteiger partial charge in [0.05, 0.1) is 19.1 Å². The molecule has 0 amide bonds. The molecular weight excluding hydrogens is 402 g/mol. The van der Waals surface area contributed by atoms with Gasteiger partial charge in [-0.25, -0.2) is 8.78 Å². The van der Waals surface area contributed by atoms with Gasteiger partial charge in [-0.15, -0.1) is 0 Å². The summed E-state index contributed by atoms with van der Waals surface area (Å²) in [6, 6.07) is 9.58. The summed E-state index contributed by atoms with van der Waals surface area (Å²) in [5.41, 5.74) is 3.67. The molecule has 2 aromatic carbocycles. The van der Waals surface area contributed by atoms with E-state index in [1.807, 2.05) is 0 Å². The standard InChI is InChI=1S/C24H28F2N2O3/c25-20-5-7-22-17(14-20)3-4-18-15-21(26)6-8-23(18)28(22)11-13-31-12-10-27-9-1-2-19(16-27)24(29)30/h5-8,14-15,19H,1-4,9-13,16H2,(H,29,30)/t19-/m1/s1. The number of carboxylic acid groups (broad SMARTS) is 1. The first-order valence-corrected chi connectivity index (χ1v) is 10.9. The zero-order chi connectivity index (χ0) is 21.8. The second-order valence-corrected chi connectivity index (χ2v) is 8.29. The Hall–Kier alpha value is -2.51. The molecule has 166 valence electrons. The summed E-state index contributed by atoms with van der Waals surface area (Å²) in [4.78, 5) is 15.4. The molecule has 1 atom stereocenters. The van der Waals surface area contributed by atoms with Gasteiger partial charge in [-0.3, -0.25) is 4.79 Å². The van der Waals surface area contributed by atoms with E-state index in [0.717, 1.165) is 41.9 Å². The highest BCUT2D eigenvalue weighted by Crippen LogP contribution is 2.36. The Morgan fingerprint density at radius 2 is 1.61 bits per heavy atom. The molecule has 0 radical (unpaired) electrons. The molecule has 0 saturated carbocycles. The average Bonchev–Trinajstić information content (AvgIpc) is 2.90. The number of benzene rings is 2. The number of fused-ring (bicyclic) bond motifs is 2. The highest BCUT2D eigenvalue weighted by molar-refractivity contribution is 5.71. The Labute approximate surface area is 181 Å². The molecule has 0 spiro atoms. The minimum absolute atomic E-state index is 0.270. The van der Waals surface area contributed by atoms with Crippen LogP contribution in [-0.2, 0) is 22.4 Å². The molecule has 2 aliphatic heterocycles. The van der Waals surface area contributed by atoms with Crippen molar-refractivity contribution in [2.45, 2.75) is 25.7 Å². The molecule has 31 heavy (non-hydrogen) atoms. The van der Waals surface area contributed by atoms with E-state index in [1.165, 1.54) is 12.1 Å². The van der Waals surface area contributed by atoms with Gasteiger partial charge in [-0.05, 0) is 79.8 Å². The molecule has 0 aromatic heterocycles. The highest BCUT2D eigenvalue weighted by atomic mass is 19.1. The average molecular weight is 430 g/mol. The Kier molecular flexibility index (Phi) is 6.83. The van der Waals surface area contributed by atoms with Gasteiger partial charge in [0.25, 0.3) is 0 Å². The molecule has 1 saturated heterocycles. The van der Waals surface area contributed by atoms with Gasteiger partial charge < -0.3 is 19.6 Å². The third kappa shape index (κ3) is 5.22. The molecule has 5 nitrogen and oxygen atoms in total. The van der Waals surface area contributed by atoms with Crippen molar-refractivity contribution in [2.75, 3.05) is 44.3 Å². The van der Waals surface area contributed by atoms with Crippen LogP contribution in [-0.4, -0.2) is 55.4 Å². The lowest BCUT2D eigenvalue weighted by Gasteiger charge is -2.30. The van der Waals surface area contributed by atoms with Crippen LogP contribution in [0.1, 0.15) is 24.0 Å². The number of carboxylic acids is 1. The Morgan fingerprint density at radius 1 is 1.00 bits per heavy atom. The van der Waals surface area contributed by atoms with Crippen molar-refractivity contribution >= 4 is 17.3 Å². The third-order valence-corrected chi connectivity index (χ3v) is 6.19. The van der Waals surface area contributed by atoms with E-state index in [9.17, 15) is 18.7 Å². The summed E-state index contributed by atoms with van der Waals surface area (Å²) in [6.45, 7) is 3.72. The maximum absolute atomic E-state index is 13.8. The quantitative estimate of drug-likeness (QED) is 0.673. The maximum atomic E-state index is 13.8. The molecule has 0 unspecified atom stereocenters. The first-order valence-electron chi connectivity index (χ1n) is 10.9. The van der Waals surface area contributed by atoms with Crippen LogP contribution in [0, 0.1) is 17.6 Å². The lowest BCUT2D eigenvalue weighted by molar-refractivity contribution is -0.143. The van der Waals surface area contributed by atoms with Crippen molar-refractivity contribution in [2.24, 2.45) is 5.92 Å². The van der Waals surface area contributed by atoms with Crippen LogP contribution in [0.4, 0.5) is 20.2 Å². The van der Waals surface area contributed by atoms with Gasteiger partial charge in [0.1, 0.15) is 11.6 Å². The molecule has 0 aliphatic carbocycles. The summed E-state index contributed by atoms with van der Waals surface area (Å²) < 4.78 is 33.5. The minimum Gasteiger partial charge on any atom is -0.481 e. The summed E-state index contributed by atoms with van der Waals surface area (Å²) in [6.07, 6.45) is 2.94. The Bertz CT molecular complexity index is 884. The summed E-state index contributed by atoms with van der Waals surface area (Å²) in [5.74, 6) is -1.56. The molecule has 2 aliphatic rings. The fourth-order valence-corrected chi connectivity index (χ4v) is 4.59. The minimum atomic E-state index is -0.725. The van der Waals surface area contributed by atoms with Crippen LogP contribution in [0.3, 0.4) is 0 Å². The van der Waals surface area contributed by atoms with Crippen molar-refractivity contribution < 1.29 is 23.4 Å². The molecule has 1 N–H and O–H groups in total. The van der Waals surface area contributed by atoms with Gasteiger partial charge in [0, 0.05) is 31.0 Å². The number of rotatable bonds is 7. The molecule has 2 aromatic rings. The first-order chi connectivity index (χ1) is 15.0. The van der Waals surface area contributed by atoms with Gasteiger partial charge in [0.15, 0.2) is 0 Å². The number of likely N-dealkylation sites (tertiary alicyclic amines) is 1. The fraction of sp³-hybridized carbons (Fsp3) is 0.458. The zero-order valence-electron chi connectivity index (χ0n) is 17.5. The second kappa shape index (κ2) is 9.75. The summed E-state index contributed by atoms with van der Waals surface area (Å²) in [5, 5.41) is 9.22. The fourth-order valence-electron chi connectivity index (χ4n) is 4.59. The van der Waals surface area contributed by atoms with Gasteiger partial charge >= 0.3 is 5.97 Å².